The van der Waals surface area contributed by atoms with Gasteiger partial charge in [0.05, 0.1) is 5.56 Å². The van der Waals surface area contributed by atoms with E-state index in [0.717, 1.165) is 17.7 Å². The largest absolute Gasteiger partial charge is 0.416 e. The zero-order chi connectivity index (χ0) is 13.9. The van der Waals surface area contributed by atoms with Gasteiger partial charge in [0.15, 0.2) is 5.78 Å². The molecule has 0 amide bonds. The van der Waals surface area contributed by atoms with Gasteiger partial charge in [-0.25, -0.2) is 0 Å². The Morgan fingerprint density at radius 1 is 1.11 bits per heavy atom. The van der Waals surface area contributed by atoms with Crippen molar-refractivity contribution in [2.24, 2.45) is 0 Å². The van der Waals surface area contributed by atoms with Gasteiger partial charge in [-0.15, -0.1) is 0 Å². The van der Waals surface area contributed by atoms with E-state index in [2.05, 4.69) is 0 Å². The summed E-state index contributed by atoms with van der Waals surface area (Å²) in [5.41, 5.74) is 0.371. The summed E-state index contributed by atoms with van der Waals surface area (Å²) >= 11 is 1.50. The minimum atomic E-state index is -4.38. The predicted molar refractivity (Wildman–Crippen MR) is 69.1 cm³/mol. The zero-order valence-electron chi connectivity index (χ0n) is 9.65. The van der Waals surface area contributed by atoms with Gasteiger partial charge in [-0.1, -0.05) is 18.2 Å². The number of benzene rings is 1. The van der Waals surface area contributed by atoms with Crippen LogP contribution in [0.3, 0.4) is 0 Å². The van der Waals surface area contributed by atoms with Gasteiger partial charge >= 0.3 is 6.18 Å². The normalized spacial score (nSPS) is 11.9. The molecule has 0 saturated carbocycles. The molecule has 1 aromatic heterocycles. The number of alkyl halides is 3. The quantitative estimate of drug-likeness (QED) is 0.591. The van der Waals surface area contributed by atoms with Gasteiger partial charge in [0.25, 0.3) is 0 Å². The van der Waals surface area contributed by atoms with Gasteiger partial charge in [-0.2, -0.15) is 24.5 Å². The van der Waals surface area contributed by atoms with Crippen molar-refractivity contribution in [3.05, 3.63) is 63.9 Å². The number of carbonyl (C=O) groups excluding carboxylic acids is 1. The van der Waals surface area contributed by atoms with Crippen LogP contribution < -0.4 is 0 Å². The standard InChI is InChI=1S/C14H9F3OS/c15-14(16,17)12-4-2-11(3-5-12)13(18)6-1-10-7-8-19-9-10/h1-9H/b6-1+. The number of carbonyl (C=O) groups is 1. The highest BCUT2D eigenvalue weighted by atomic mass is 32.1. The molecule has 1 nitrogen and oxygen atoms in total. The average molecular weight is 282 g/mol. The van der Waals surface area contributed by atoms with E-state index in [0.29, 0.717) is 0 Å². The fourth-order valence-corrected chi connectivity index (χ4v) is 2.09. The van der Waals surface area contributed by atoms with Crippen LogP contribution in [0.4, 0.5) is 13.2 Å². The molecule has 0 saturated heterocycles. The number of allylic oxidation sites excluding steroid dienone is 1. The summed E-state index contributed by atoms with van der Waals surface area (Å²) in [6, 6.07) is 6.03. The van der Waals surface area contributed by atoms with Gasteiger partial charge in [0, 0.05) is 5.56 Å². The van der Waals surface area contributed by atoms with Crippen LogP contribution in [0.2, 0.25) is 0 Å². The van der Waals surface area contributed by atoms with Crippen molar-refractivity contribution in [2.75, 3.05) is 0 Å². The van der Waals surface area contributed by atoms with E-state index in [1.807, 2.05) is 16.8 Å². The molecule has 0 spiro atoms. The van der Waals surface area contributed by atoms with Crippen LogP contribution in [-0.2, 0) is 6.18 Å². The molecule has 2 aromatic rings. The van der Waals surface area contributed by atoms with Gasteiger partial charge < -0.3 is 0 Å². The lowest BCUT2D eigenvalue weighted by molar-refractivity contribution is -0.137. The van der Waals surface area contributed by atoms with Crippen molar-refractivity contribution >= 4 is 23.2 Å². The maximum atomic E-state index is 12.4. The highest BCUT2D eigenvalue weighted by Gasteiger charge is 2.30. The van der Waals surface area contributed by atoms with E-state index in [1.165, 1.54) is 29.5 Å². The van der Waals surface area contributed by atoms with Gasteiger partial charge in [0.1, 0.15) is 0 Å². The SMILES string of the molecule is O=C(/C=C/c1ccsc1)c1ccc(C(F)(F)F)cc1. The average Bonchev–Trinajstić information content (AvgIpc) is 2.88. The zero-order valence-corrected chi connectivity index (χ0v) is 10.5. The second-order valence-electron chi connectivity index (χ2n) is 3.83. The Kier molecular flexibility index (Phi) is 3.85. The first-order chi connectivity index (χ1) is 8.97. The molecule has 0 aliphatic carbocycles. The molecule has 0 N–H and O–H groups in total. The molecule has 0 fully saturated rings. The van der Waals surface area contributed by atoms with Crippen molar-refractivity contribution in [1.29, 1.82) is 0 Å². The number of ketones is 1. The lowest BCUT2D eigenvalue weighted by Gasteiger charge is -2.06. The van der Waals surface area contributed by atoms with Crippen LogP contribution in [0, 0.1) is 0 Å². The third-order valence-electron chi connectivity index (χ3n) is 2.47. The summed E-state index contributed by atoms with van der Waals surface area (Å²) in [6.45, 7) is 0. The van der Waals surface area contributed by atoms with Gasteiger partial charge in [-0.05, 0) is 40.6 Å². The lowest BCUT2D eigenvalue weighted by atomic mass is 10.1. The minimum absolute atomic E-state index is 0.236. The fraction of sp³-hybridized carbons (Fsp3) is 0.0714. The van der Waals surface area contributed by atoms with E-state index < -0.39 is 11.7 Å². The topological polar surface area (TPSA) is 17.1 Å². The van der Waals surface area contributed by atoms with E-state index in [-0.39, 0.29) is 11.3 Å². The Hall–Kier alpha value is -1.88. The maximum absolute atomic E-state index is 12.4. The number of hydrogen-bond donors (Lipinski definition) is 0. The molecule has 2 rings (SSSR count). The molecule has 98 valence electrons. The molecule has 0 bridgehead atoms. The summed E-state index contributed by atoms with van der Waals surface area (Å²) in [5, 5.41) is 3.75. The summed E-state index contributed by atoms with van der Waals surface area (Å²) in [6.07, 6.45) is -1.39. The van der Waals surface area contributed by atoms with E-state index in [4.69, 9.17) is 0 Å². The molecule has 0 aliphatic rings. The van der Waals surface area contributed by atoms with Crippen LogP contribution in [-0.4, -0.2) is 5.78 Å². The second kappa shape index (κ2) is 5.40. The predicted octanol–water partition coefficient (Wildman–Crippen LogP) is 4.66. The number of halogens is 3. The maximum Gasteiger partial charge on any atom is 0.416 e. The third kappa shape index (κ3) is 3.54. The van der Waals surface area contributed by atoms with Crippen molar-refractivity contribution in [1.82, 2.24) is 0 Å². The molecule has 0 unspecified atom stereocenters. The Balaban J connectivity index is 2.12. The summed E-state index contributed by atoms with van der Waals surface area (Å²) < 4.78 is 37.1. The first kappa shape index (κ1) is 13.5. The first-order valence-corrected chi connectivity index (χ1v) is 6.33. The summed E-state index contributed by atoms with van der Waals surface area (Å²) in [4.78, 5) is 11.7. The Morgan fingerprint density at radius 3 is 2.32 bits per heavy atom. The van der Waals surface area contributed by atoms with Crippen LogP contribution >= 0.6 is 11.3 Å². The minimum Gasteiger partial charge on any atom is -0.289 e. The van der Waals surface area contributed by atoms with Crippen LogP contribution in [0.5, 0.6) is 0 Å². The highest BCUT2D eigenvalue weighted by Crippen LogP contribution is 2.29. The molecule has 0 radical (unpaired) electrons. The van der Waals surface area contributed by atoms with Crippen LogP contribution in [0.25, 0.3) is 6.08 Å². The molecule has 5 heteroatoms. The van der Waals surface area contributed by atoms with E-state index in [1.54, 1.807) is 6.08 Å². The Morgan fingerprint density at radius 2 is 1.79 bits per heavy atom. The van der Waals surface area contributed by atoms with E-state index in [9.17, 15) is 18.0 Å². The van der Waals surface area contributed by atoms with Gasteiger partial charge in [-0.3, -0.25) is 4.79 Å². The van der Waals surface area contributed by atoms with Crippen molar-refractivity contribution in [3.63, 3.8) is 0 Å². The van der Waals surface area contributed by atoms with Crippen molar-refractivity contribution < 1.29 is 18.0 Å². The molecule has 1 heterocycles. The fourth-order valence-electron chi connectivity index (χ4n) is 1.46. The lowest BCUT2D eigenvalue weighted by Crippen LogP contribution is -2.05. The van der Waals surface area contributed by atoms with Crippen LogP contribution in [0.15, 0.2) is 47.2 Å². The summed E-state index contributed by atoms with van der Waals surface area (Å²) in [7, 11) is 0. The molecule has 1 aromatic carbocycles. The Bertz CT molecular complexity index is 580. The number of hydrogen-bond acceptors (Lipinski definition) is 2. The van der Waals surface area contributed by atoms with E-state index >= 15 is 0 Å². The first-order valence-electron chi connectivity index (χ1n) is 5.39. The van der Waals surface area contributed by atoms with Crippen molar-refractivity contribution in [3.8, 4) is 0 Å². The molecular weight excluding hydrogens is 273 g/mol. The molecular formula is C14H9F3OS. The number of rotatable bonds is 3. The van der Waals surface area contributed by atoms with Crippen molar-refractivity contribution in [2.45, 2.75) is 6.18 Å². The number of thiophene rings is 1. The molecule has 0 atom stereocenters. The second-order valence-corrected chi connectivity index (χ2v) is 4.61. The smallest absolute Gasteiger partial charge is 0.289 e. The third-order valence-corrected chi connectivity index (χ3v) is 3.17. The highest BCUT2D eigenvalue weighted by molar-refractivity contribution is 7.08. The molecule has 19 heavy (non-hydrogen) atoms. The van der Waals surface area contributed by atoms with Gasteiger partial charge in [0.2, 0.25) is 0 Å². The monoisotopic (exact) mass is 282 g/mol. The summed E-state index contributed by atoms with van der Waals surface area (Å²) in [5.74, 6) is -0.320. The molecule has 0 aliphatic heterocycles. The Labute approximate surface area is 112 Å². The van der Waals surface area contributed by atoms with Crippen LogP contribution in [0.1, 0.15) is 21.5 Å².